The quantitative estimate of drug-likeness (QED) is 0.104. The van der Waals surface area contributed by atoms with Crippen molar-refractivity contribution < 1.29 is 12.9 Å². The van der Waals surface area contributed by atoms with Crippen molar-refractivity contribution in [1.82, 2.24) is 15.4 Å². The second-order valence-corrected chi connectivity index (χ2v) is 11.8. The minimum atomic E-state index is -3.75. The maximum atomic E-state index is 11.7. The Labute approximate surface area is 262 Å². The van der Waals surface area contributed by atoms with Gasteiger partial charge in [-0.05, 0) is 37.1 Å². The fourth-order valence-corrected chi connectivity index (χ4v) is 5.42. The first kappa shape index (κ1) is 36.8. The number of benzene rings is 2. The lowest BCUT2D eigenvalue weighted by Crippen LogP contribution is -2.34. The second kappa shape index (κ2) is 19.8. The number of aryl methyl sites for hydroxylation is 1. The van der Waals surface area contributed by atoms with E-state index >= 15 is 0 Å². The Hall–Kier alpha value is -1.24. The van der Waals surface area contributed by atoms with E-state index in [1.54, 1.807) is 12.1 Å². The second-order valence-electron chi connectivity index (χ2n) is 9.32. The molecule has 0 aliphatic rings. The van der Waals surface area contributed by atoms with Crippen molar-refractivity contribution in [2.24, 2.45) is 5.14 Å². The molecule has 2 aromatic carbocycles. The SMILES string of the molecule is Cl.Cl.NS(=O)(=O)c1ccc(-c2c(-c3ccccc3)noc2CCCCCCCN(CCS)CCNCCS)cc1. The number of nitrogens with zero attached hydrogens (tertiary/aromatic N) is 2. The van der Waals surface area contributed by atoms with Crippen molar-refractivity contribution >= 4 is 60.1 Å². The molecular weight excluding hydrogens is 607 g/mol. The molecule has 3 rings (SSSR count). The molecule has 0 aliphatic carbocycles. The van der Waals surface area contributed by atoms with Crippen LogP contribution in [0.3, 0.4) is 0 Å². The average Bonchev–Trinajstić information content (AvgIpc) is 3.34. The van der Waals surface area contributed by atoms with Crippen LogP contribution in [0.5, 0.6) is 0 Å². The fourth-order valence-electron chi connectivity index (χ4n) is 4.47. The number of hydrogen-bond acceptors (Lipinski definition) is 8. The molecule has 12 heteroatoms. The van der Waals surface area contributed by atoms with Gasteiger partial charge in [0.2, 0.25) is 10.0 Å². The summed E-state index contributed by atoms with van der Waals surface area (Å²) in [7, 11) is -3.75. The Morgan fingerprint density at radius 2 is 1.48 bits per heavy atom. The van der Waals surface area contributed by atoms with E-state index in [1.807, 2.05) is 30.3 Å². The number of nitrogens with one attached hydrogen (secondary N) is 1. The van der Waals surface area contributed by atoms with E-state index in [0.29, 0.717) is 0 Å². The normalized spacial score (nSPS) is 11.3. The van der Waals surface area contributed by atoms with Crippen molar-refractivity contribution in [2.75, 3.05) is 44.2 Å². The highest BCUT2D eigenvalue weighted by atomic mass is 35.5. The molecular formula is C28H42Cl2N4O3S3. The molecule has 7 nitrogen and oxygen atoms in total. The number of thiol groups is 2. The van der Waals surface area contributed by atoms with Gasteiger partial charge in [0.05, 0.1) is 10.5 Å². The molecule has 0 aliphatic heterocycles. The van der Waals surface area contributed by atoms with Gasteiger partial charge in [-0.1, -0.05) is 66.9 Å². The monoisotopic (exact) mass is 648 g/mol. The smallest absolute Gasteiger partial charge is 0.238 e. The summed E-state index contributed by atoms with van der Waals surface area (Å²) >= 11 is 8.65. The highest BCUT2D eigenvalue weighted by molar-refractivity contribution is 7.89. The number of rotatable bonds is 18. The zero-order valence-electron chi connectivity index (χ0n) is 22.7. The molecule has 3 aromatic rings. The summed E-state index contributed by atoms with van der Waals surface area (Å²) in [5.41, 5.74) is 3.49. The highest BCUT2D eigenvalue weighted by Crippen LogP contribution is 2.35. The molecule has 0 atom stereocenters. The Balaban J connectivity index is 0.00000400. The van der Waals surface area contributed by atoms with Gasteiger partial charge in [-0.25, -0.2) is 13.6 Å². The Bertz CT molecular complexity index is 1200. The van der Waals surface area contributed by atoms with Gasteiger partial charge in [0.1, 0.15) is 11.5 Å². The number of hydrogen-bond donors (Lipinski definition) is 4. The van der Waals surface area contributed by atoms with Crippen LogP contribution < -0.4 is 10.5 Å². The molecule has 0 bridgehead atoms. The van der Waals surface area contributed by atoms with E-state index in [2.05, 4.69) is 40.6 Å². The molecule has 40 heavy (non-hydrogen) atoms. The lowest BCUT2D eigenvalue weighted by atomic mass is 9.97. The molecule has 0 saturated heterocycles. The summed E-state index contributed by atoms with van der Waals surface area (Å²) in [6.45, 7) is 5.10. The molecule has 0 amide bonds. The van der Waals surface area contributed by atoms with E-state index in [-0.39, 0.29) is 29.7 Å². The Kier molecular flexibility index (Phi) is 18.2. The maximum absolute atomic E-state index is 11.7. The number of primary sulfonamides is 1. The zero-order valence-corrected chi connectivity index (χ0v) is 26.9. The molecule has 0 radical (unpaired) electrons. The van der Waals surface area contributed by atoms with E-state index in [0.717, 1.165) is 91.6 Å². The van der Waals surface area contributed by atoms with E-state index in [4.69, 9.17) is 9.66 Å². The number of halogens is 2. The summed E-state index contributed by atoms with van der Waals surface area (Å²) in [5.74, 6) is 2.56. The van der Waals surface area contributed by atoms with Gasteiger partial charge in [-0.2, -0.15) is 25.3 Å². The topological polar surface area (TPSA) is 101 Å². The molecule has 224 valence electrons. The van der Waals surface area contributed by atoms with Gasteiger partial charge in [0.15, 0.2) is 0 Å². The predicted molar refractivity (Wildman–Crippen MR) is 177 cm³/mol. The minimum Gasteiger partial charge on any atom is -0.360 e. The summed E-state index contributed by atoms with van der Waals surface area (Å²) in [6, 6.07) is 16.5. The van der Waals surface area contributed by atoms with Gasteiger partial charge in [0, 0.05) is 49.7 Å². The van der Waals surface area contributed by atoms with Crippen molar-refractivity contribution in [3.8, 4) is 22.4 Å². The number of aromatic nitrogens is 1. The van der Waals surface area contributed by atoms with Crippen LogP contribution in [0.15, 0.2) is 64.0 Å². The van der Waals surface area contributed by atoms with Gasteiger partial charge in [0.25, 0.3) is 0 Å². The molecule has 1 heterocycles. The lowest BCUT2D eigenvalue weighted by molar-refractivity contribution is 0.283. The molecule has 0 spiro atoms. The number of unbranched alkanes of at least 4 members (excludes halogenated alkanes) is 4. The molecule has 0 fully saturated rings. The standard InChI is InChI=1S/C28H40N4O3S3.2ClH/c29-38(33,34)25-14-12-23(13-15-25)27-26(35-31-28(27)24-9-5-4-6-10-24)11-7-2-1-3-8-18-32(20-22-37)19-16-30-17-21-36;;/h4-6,9-10,12-15,30,36-37H,1-3,7-8,11,16-22H2,(H2,29,33,34);2*1H. The summed E-state index contributed by atoms with van der Waals surface area (Å²) < 4.78 is 29.2. The molecule has 0 saturated carbocycles. The highest BCUT2D eigenvalue weighted by Gasteiger charge is 2.20. The van der Waals surface area contributed by atoms with Crippen molar-refractivity contribution in [3.63, 3.8) is 0 Å². The minimum absolute atomic E-state index is 0. The maximum Gasteiger partial charge on any atom is 0.238 e. The summed E-state index contributed by atoms with van der Waals surface area (Å²) in [5, 5.41) is 13.1. The van der Waals surface area contributed by atoms with Crippen LogP contribution in [-0.4, -0.2) is 62.7 Å². The van der Waals surface area contributed by atoms with Crippen LogP contribution in [0, 0.1) is 0 Å². The first-order valence-corrected chi connectivity index (χ1v) is 16.1. The Morgan fingerprint density at radius 3 is 2.12 bits per heavy atom. The number of sulfonamides is 1. The third-order valence-electron chi connectivity index (χ3n) is 6.47. The van der Waals surface area contributed by atoms with Gasteiger partial charge >= 0.3 is 0 Å². The number of nitrogens with two attached hydrogens (primary N) is 1. The van der Waals surface area contributed by atoms with E-state index in [1.165, 1.54) is 31.4 Å². The zero-order chi connectivity index (χ0) is 27.2. The summed E-state index contributed by atoms with van der Waals surface area (Å²) in [6.07, 6.45) is 6.43. The molecule has 3 N–H and O–H groups in total. The molecule has 1 aromatic heterocycles. The van der Waals surface area contributed by atoms with Crippen molar-refractivity contribution in [3.05, 3.63) is 60.4 Å². The van der Waals surface area contributed by atoms with Crippen LogP contribution in [0.25, 0.3) is 22.4 Å². The average molecular weight is 650 g/mol. The summed E-state index contributed by atoms with van der Waals surface area (Å²) in [4.78, 5) is 2.56. The predicted octanol–water partition coefficient (Wildman–Crippen LogP) is 5.74. The van der Waals surface area contributed by atoms with Gasteiger partial charge < -0.3 is 14.7 Å². The first-order valence-electron chi connectivity index (χ1n) is 13.3. The van der Waals surface area contributed by atoms with Crippen LogP contribution in [0.2, 0.25) is 0 Å². The van der Waals surface area contributed by atoms with Crippen LogP contribution >= 0.6 is 50.1 Å². The van der Waals surface area contributed by atoms with Gasteiger partial charge in [-0.3, -0.25) is 0 Å². The first-order chi connectivity index (χ1) is 18.4. The van der Waals surface area contributed by atoms with Crippen LogP contribution in [0.4, 0.5) is 0 Å². The van der Waals surface area contributed by atoms with Crippen molar-refractivity contribution in [2.45, 2.75) is 43.4 Å². The fraction of sp³-hybridized carbons (Fsp3) is 0.464. The lowest BCUT2D eigenvalue weighted by Gasteiger charge is -2.21. The van der Waals surface area contributed by atoms with E-state index in [9.17, 15) is 8.42 Å². The third kappa shape index (κ3) is 11.9. The van der Waals surface area contributed by atoms with E-state index < -0.39 is 10.0 Å². The largest absolute Gasteiger partial charge is 0.360 e. The Morgan fingerprint density at radius 1 is 0.800 bits per heavy atom. The molecule has 0 unspecified atom stereocenters. The van der Waals surface area contributed by atoms with Crippen LogP contribution in [0.1, 0.15) is 37.9 Å². The van der Waals surface area contributed by atoms with Gasteiger partial charge in [-0.15, -0.1) is 24.8 Å². The third-order valence-corrected chi connectivity index (χ3v) is 7.82. The van der Waals surface area contributed by atoms with Crippen LogP contribution in [-0.2, 0) is 16.4 Å². The van der Waals surface area contributed by atoms with Crippen molar-refractivity contribution in [1.29, 1.82) is 0 Å².